The summed E-state index contributed by atoms with van der Waals surface area (Å²) in [7, 11) is 0. The highest BCUT2D eigenvalue weighted by atomic mass is 32.1. The maximum absolute atomic E-state index is 8.66. The molecule has 0 unspecified atom stereocenters. The van der Waals surface area contributed by atoms with E-state index in [1.165, 1.54) is 21.8 Å². The molecule has 3 heterocycles. The third kappa shape index (κ3) is 4.80. The van der Waals surface area contributed by atoms with E-state index in [0.29, 0.717) is 11.5 Å². The first-order valence-corrected chi connectivity index (χ1v) is 17.2. The first-order chi connectivity index (χ1) is 26.8. The van der Waals surface area contributed by atoms with Crippen molar-refractivity contribution >= 4 is 53.3 Å². The second-order valence-corrected chi connectivity index (χ2v) is 13.4. The van der Waals surface area contributed by atoms with Gasteiger partial charge in [-0.2, -0.15) is 0 Å². The number of para-hydroxylation sites is 2. The zero-order valence-corrected chi connectivity index (χ0v) is 27.4. The van der Waals surface area contributed by atoms with Gasteiger partial charge in [0.2, 0.25) is 0 Å². The molecule has 0 aliphatic rings. The smallest absolute Gasteiger partial charge is 0.160 e. The highest BCUT2D eigenvalue weighted by molar-refractivity contribution is 7.25. The Morgan fingerprint density at radius 2 is 1.10 bits per heavy atom. The van der Waals surface area contributed by atoms with Gasteiger partial charge in [0.1, 0.15) is 0 Å². The van der Waals surface area contributed by atoms with Gasteiger partial charge in [-0.15, -0.1) is 11.3 Å². The fraction of sp³-hybridized carbons (Fsp3) is 0. The van der Waals surface area contributed by atoms with Crippen molar-refractivity contribution in [2.75, 3.05) is 0 Å². The number of rotatable bonds is 5. The van der Waals surface area contributed by atoms with E-state index in [1.807, 2.05) is 42.5 Å². The predicted octanol–water partition coefficient (Wildman–Crippen LogP) is 12.6. The highest BCUT2D eigenvalue weighted by Crippen LogP contribution is 2.40. The van der Waals surface area contributed by atoms with Crippen molar-refractivity contribution < 1.29 is 6.85 Å². The summed E-state index contributed by atoms with van der Waals surface area (Å²) in [5.41, 5.74) is 8.27. The first kappa shape index (κ1) is 23.9. The van der Waals surface area contributed by atoms with Crippen molar-refractivity contribution in [3.8, 4) is 50.7 Å². The molecule has 10 aromatic rings. The van der Waals surface area contributed by atoms with E-state index in [-0.39, 0.29) is 23.3 Å². The van der Waals surface area contributed by atoms with E-state index in [0.717, 1.165) is 48.1 Å². The first-order valence-electron chi connectivity index (χ1n) is 18.9. The molecule has 0 bridgehead atoms. The Labute approximate surface area is 300 Å². The third-order valence-electron chi connectivity index (χ3n) is 9.30. The van der Waals surface area contributed by atoms with Crippen molar-refractivity contribution in [1.29, 1.82) is 0 Å². The number of hydrogen-bond acceptors (Lipinski definition) is 3. The molecule has 50 heavy (non-hydrogen) atoms. The molecule has 3 nitrogen and oxygen atoms in total. The van der Waals surface area contributed by atoms with Gasteiger partial charge in [0.15, 0.2) is 5.82 Å². The van der Waals surface area contributed by atoms with Gasteiger partial charge in [0.05, 0.1) is 29.3 Å². The summed E-state index contributed by atoms with van der Waals surface area (Å²) in [5, 5.41) is 4.62. The molecule has 0 atom stereocenters. The Morgan fingerprint density at radius 3 is 1.94 bits per heavy atom. The van der Waals surface area contributed by atoms with E-state index < -0.39 is 18.1 Å². The molecule has 0 aliphatic carbocycles. The lowest BCUT2D eigenvalue weighted by atomic mass is 10.0. The Bertz CT molecular complexity index is 3130. The minimum atomic E-state index is -0.439. The van der Waals surface area contributed by atoms with Crippen LogP contribution < -0.4 is 0 Å². The minimum absolute atomic E-state index is 0.0456. The second kappa shape index (κ2) is 11.7. The zero-order valence-electron chi connectivity index (χ0n) is 31.6. The van der Waals surface area contributed by atoms with Crippen molar-refractivity contribution in [2.24, 2.45) is 0 Å². The molecule has 0 fully saturated rings. The van der Waals surface area contributed by atoms with E-state index in [1.54, 1.807) is 17.4 Å². The van der Waals surface area contributed by atoms with Gasteiger partial charge in [0.25, 0.3) is 0 Å². The molecule has 10 rings (SSSR count). The maximum atomic E-state index is 8.66. The van der Waals surface area contributed by atoms with E-state index in [4.69, 9.17) is 16.8 Å². The Kier molecular flexibility index (Phi) is 5.57. The van der Waals surface area contributed by atoms with Crippen LogP contribution in [0.3, 0.4) is 0 Å². The Hall–Kier alpha value is -6.36. The average Bonchev–Trinajstić information content (AvgIpc) is 3.77. The number of fused-ring (bicyclic) bond motifs is 6. The molecule has 7 aromatic carbocycles. The normalized spacial score (nSPS) is 13.0. The van der Waals surface area contributed by atoms with Crippen LogP contribution >= 0.6 is 11.3 Å². The molecule has 0 amide bonds. The standard InChI is InChI=1S/C46H29N3S/c1-4-12-30(13-5-1)40-29-41(31-14-6-2-7-15-31)48-46(47-40)34-22-25-44-39(27-34)37-23-20-33(28-45(37)50-44)32-21-24-43-38(26-32)36-18-10-11-19-42(36)49(43)35-16-8-3-9-17-35/h1-29H/i1D,4D,5D,12D,13D. The van der Waals surface area contributed by atoms with Crippen LogP contribution in [0.25, 0.3) is 92.7 Å². The lowest BCUT2D eigenvalue weighted by molar-refractivity contribution is 1.18. The average molecular weight is 661 g/mol. The molecular formula is C46H29N3S. The SMILES string of the molecule is [2H]c1c([2H])c([2H])c(-c2cc(-c3ccccc3)nc(-c3ccc4sc5cc(-c6ccc7c(c6)c6ccccc6n7-c6ccccc6)ccc5c4c3)n2)c([2H])c1[2H]. The molecule has 4 heteroatoms. The number of nitrogens with zero attached hydrogens (tertiary/aromatic N) is 3. The van der Waals surface area contributed by atoms with Crippen LogP contribution in [-0.2, 0) is 0 Å². The fourth-order valence-corrected chi connectivity index (χ4v) is 8.07. The summed E-state index contributed by atoms with van der Waals surface area (Å²) in [6, 6.07) is 48.1. The second-order valence-electron chi connectivity index (χ2n) is 12.3. The van der Waals surface area contributed by atoms with Gasteiger partial charge in [-0.05, 0) is 71.8 Å². The molecule has 0 aliphatic heterocycles. The molecular weight excluding hydrogens is 627 g/mol. The van der Waals surface area contributed by atoms with Gasteiger partial charge in [0, 0.05) is 53.3 Å². The lowest BCUT2D eigenvalue weighted by Crippen LogP contribution is -1.95. The van der Waals surface area contributed by atoms with Crippen LogP contribution in [0.15, 0.2) is 176 Å². The van der Waals surface area contributed by atoms with Crippen molar-refractivity contribution in [3.63, 3.8) is 0 Å². The quantitative estimate of drug-likeness (QED) is 0.184. The highest BCUT2D eigenvalue weighted by Gasteiger charge is 2.16. The molecule has 0 saturated heterocycles. The number of hydrogen-bond donors (Lipinski definition) is 0. The Balaban J connectivity index is 1.09. The predicted molar refractivity (Wildman–Crippen MR) is 211 cm³/mol. The zero-order chi connectivity index (χ0) is 37.4. The fourth-order valence-electron chi connectivity index (χ4n) is 6.94. The number of aromatic nitrogens is 3. The summed E-state index contributed by atoms with van der Waals surface area (Å²) in [4.78, 5) is 9.80. The van der Waals surface area contributed by atoms with E-state index in [2.05, 4.69) is 102 Å². The van der Waals surface area contributed by atoms with Gasteiger partial charge in [-0.1, -0.05) is 115 Å². The van der Waals surface area contributed by atoms with Gasteiger partial charge >= 0.3 is 0 Å². The largest absolute Gasteiger partial charge is 0.309 e. The molecule has 0 radical (unpaired) electrons. The molecule has 0 N–H and O–H groups in total. The molecule has 234 valence electrons. The minimum Gasteiger partial charge on any atom is -0.309 e. The summed E-state index contributed by atoms with van der Waals surface area (Å²) in [6.07, 6.45) is 0. The van der Waals surface area contributed by atoms with E-state index in [9.17, 15) is 0 Å². The van der Waals surface area contributed by atoms with Gasteiger partial charge in [-0.3, -0.25) is 0 Å². The van der Waals surface area contributed by atoms with E-state index >= 15 is 0 Å². The van der Waals surface area contributed by atoms with Crippen molar-refractivity contribution in [3.05, 3.63) is 176 Å². The topological polar surface area (TPSA) is 30.7 Å². The number of benzene rings is 7. The summed E-state index contributed by atoms with van der Waals surface area (Å²) < 4.78 is 46.6. The van der Waals surface area contributed by atoms with Crippen LogP contribution in [0.4, 0.5) is 0 Å². The van der Waals surface area contributed by atoms with Crippen LogP contribution in [0.2, 0.25) is 0 Å². The molecule has 3 aromatic heterocycles. The lowest BCUT2D eigenvalue weighted by Gasteiger charge is -2.09. The maximum Gasteiger partial charge on any atom is 0.160 e. The summed E-state index contributed by atoms with van der Waals surface area (Å²) in [5.74, 6) is 0.406. The van der Waals surface area contributed by atoms with Gasteiger partial charge in [-0.25, -0.2) is 9.97 Å². The molecule has 0 saturated carbocycles. The Morgan fingerprint density at radius 1 is 0.440 bits per heavy atom. The van der Waals surface area contributed by atoms with Crippen LogP contribution in [0, 0.1) is 0 Å². The third-order valence-corrected chi connectivity index (χ3v) is 10.4. The van der Waals surface area contributed by atoms with Crippen molar-refractivity contribution in [1.82, 2.24) is 14.5 Å². The monoisotopic (exact) mass is 660 g/mol. The summed E-state index contributed by atoms with van der Waals surface area (Å²) >= 11 is 1.74. The van der Waals surface area contributed by atoms with Crippen LogP contribution in [-0.4, -0.2) is 14.5 Å². The summed E-state index contributed by atoms with van der Waals surface area (Å²) in [6.45, 7) is 0. The molecule has 0 spiro atoms. The van der Waals surface area contributed by atoms with Gasteiger partial charge < -0.3 is 4.57 Å². The van der Waals surface area contributed by atoms with Crippen LogP contribution in [0.5, 0.6) is 0 Å². The van der Waals surface area contributed by atoms with Crippen molar-refractivity contribution in [2.45, 2.75) is 0 Å². The number of thiophene rings is 1. The van der Waals surface area contributed by atoms with Crippen LogP contribution in [0.1, 0.15) is 6.85 Å².